The number of hydrogen-bond donors (Lipinski definition) is 0. The van der Waals surface area contributed by atoms with Crippen molar-refractivity contribution in [1.29, 1.82) is 0 Å². The molecule has 0 bridgehead atoms. The fourth-order valence-electron chi connectivity index (χ4n) is 4.63. The normalized spacial score (nSPS) is 15.4. The van der Waals surface area contributed by atoms with Crippen LogP contribution >= 0.6 is 0 Å². The molecule has 196 valence electrons. The summed E-state index contributed by atoms with van der Waals surface area (Å²) in [7, 11) is 0. The molecule has 2 heteroatoms. The maximum Gasteiger partial charge on any atom is 0.326 e. The lowest BCUT2D eigenvalue weighted by Gasteiger charge is -2.23. The van der Waals surface area contributed by atoms with Crippen LogP contribution in [0.4, 0.5) is 0 Å². The molecule has 0 N–H and O–H groups in total. The number of unbranched alkanes of at least 4 members (excludes halogenated alkanes) is 21. The largest absolute Gasteiger partial charge is 0.420 e. The average molecular weight is 473 g/mol. The minimum absolute atomic E-state index is 0.120. The highest BCUT2D eigenvalue weighted by atomic mass is 16.6. The van der Waals surface area contributed by atoms with Gasteiger partial charge in [0.05, 0.1) is 0 Å². The van der Waals surface area contributed by atoms with E-state index in [4.69, 9.17) is 4.74 Å². The van der Waals surface area contributed by atoms with Gasteiger partial charge in [0.15, 0.2) is 5.76 Å². The fourth-order valence-corrected chi connectivity index (χ4v) is 4.63. The van der Waals surface area contributed by atoms with Gasteiger partial charge in [0.2, 0.25) is 0 Å². The summed E-state index contributed by atoms with van der Waals surface area (Å²) in [4.78, 5) is 11.8. The predicted molar refractivity (Wildman–Crippen MR) is 148 cm³/mol. The molecule has 0 spiro atoms. The van der Waals surface area contributed by atoms with Gasteiger partial charge in [-0.3, -0.25) is 4.79 Å². The summed E-state index contributed by atoms with van der Waals surface area (Å²) in [6, 6.07) is 0. The predicted octanol–water partition coefficient (Wildman–Crippen LogP) is 10.8. The SMILES string of the molecule is CCCCCCCCCCCCC=CC1C(=O)OC1=C=CCCCCCCCCCCCCC. The van der Waals surface area contributed by atoms with Crippen molar-refractivity contribution in [3.63, 3.8) is 0 Å². The quantitative estimate of drug-likeness (QED) is 0.0604. The van der Waals surface area contributed by atoms with Crippen molar-refractivity contribution >= 4 is 5.97 Å². The van der Waals surface area contributed by atoms with E-state index in [1.165, 1.54) is 135 Å². The lowest BCUT2D eigenvalue weighted by atomic mass is 10.0. The van der Waals surface area contributed by atoms with Gasteiger partial charge in [0.1, 0.15) is 5.92 Å². The topological polar surface area (TPSA) is 26.3 Å². The Morgan fingerprint density at radius 2 is 1.03 bits per heavy atom. The molecule has 1 fully saturated rings. The highest BCUT2D eigenvalue weighted by molar-refractivity contribution is 5.84. The summed E-state index contributed by atoms with van der Waals surface area (Å²) < 4.78 is 5.20. The van der Waals surface area contributed by atoms with Crippen molar-refractivity contribution in [3.05, 3.63) is 29.7 Å². The van der Waals surface area contributed by atoms with Gasteiger partial charge in [-0.25, -0.2) is 0 Å². The van der Waals surface area contributed by atoms with Gasteiger partial charge in [-0.05, 0) is 31.8 Å². The third kappa shape index (κ3) is 17.2. The smallest absolute Gasteiger partial charge is 0.326 e. The molecule has 0 aliphatic carbocycles. The third-order valence-corrected chi connectivity index (χ3v) is 7.00. The first-order valence-corrected chi connectivity index (χ1v) is 15.1. The zero-order valence-corrected chi connectivity index (χ0v) is 22.9. The van der Waals surface area contributed by atoms with E-state index in [2.05, 4.69) is 31.7 Å². The Morgan fingerprint density at radius 1 is 0.618 bits per heavy atom. The van der Waals surface area contributed by atoms with E-state index in [0.717, 1.165) is 12.8 Å². The molecule has 1 aliphatic rings. The van der Waals surface area contributed by atoms with E-state index in [1.807, 2.05) is 6.08 Å². The van der Waals surface area contributed by atoms with E-state index >= 15 is 0 Å². The molecule has 1 atom stereocenters. The monoisotopic (exact) mass is 472 g/mol. The second-order valence-electron chi connectivity index (χ2n) is 10.3. The van der Waals surface area contributed by atoms with Crippen LogP contribution in [0.2, 0.25) is 0 Å². The summed E-state index contributed by atoms with van der Waals surface area (Å²) in [5.41, 5.74) is 3.23. The number of rotatable bonds is 24. The van der Waals surface area contributed by atoms with Crippen LogP contribution in [-0.2, 0) is 9.53 Å². The standard InChI is InChI=1S/C32H56O2/c1-3-5-7-9-11-13-15-17-19-21-23-25-27-29-31-30(32(33)34-31)28-26-24-22-20-18-16-14-12-10-8-6-4-2/h26-28,30H,3-25H2,1-2H3. The van der Waals surface area contributed by atoms with Gasteiger partial charge < -0.3 is 4.74 Å². The minimum atomic E-state index is -0.184. The lowest BCUT2D eigenvalue weighted by Crippen LogP contribution is -2.30. The van der Waals surface area contributed by atoms with Gasteiger partial charge in [-0.2, -0.15) is 0 Å². The first-order chi connectivity index (χ1) is 16.8. The van der Waals surface area contributed by atoms with E-state index in [-0.39, 0.29) is 11.9 Å². The molecule has 0 aromatic carbocycles. The van der Waals surface area contributed by atoms with Crippen molar-refractivity contribution in [2.24, 2.45) is 5.92 Å². The Bertz CT molecular complexity index is 568. The second-order valence-corrected chi connectivity index (χ2v) is 10.3. The Balaban J connectivity index is 1.99. The summed E-state index contributed by atoms with van der Waals surface area (Å²) in [5, 5.41) is 0. The van der Waals surface area contributed by atoms with E-state index in [9.17, 15) is 4.79 Å². The zero-order valence-electron chi connectivity index (χ0n) is 22.9. The third-order valence-electron chi connectivity index (χ3n) is 7.00. The zero-order chi connectivity index (χ0) is 24.5. The van der Waals surface area contributed by atoms with E-state index in [1.54, 1.807) is 0 Å². The Morgan fingerprint density at radius 3 is 1.47 bits per heavy atom. The van der Waals surface area contributed by atoms with Crippen LogP contribution in [0.5, 0.6) is 0 Å². The molecule has 1 saturated heterocycles. The second kappa shape index (κ2) is 23.5. The molecular formula is C32H56O2. The van der Waals surface area contributed by atoms with Gasteiger partial charge in [-0.15, -0.1) is 0 Å². The molecule has 1 unspecified atom stereocenters. The first kappa shape index (κ1) is 30.8. The van der Waals surface area contributed by atoms with Gasteiger partial charge >= 0.3 is 5.97 Å². The van der Waals surface area contributed by atoms with Crippen LogP contribution in [0, 0.1) is 5.92 Å². The van der Waals surface area contributed by atoms with Gasteiger partial charge in [0.25, 0.3) is 0 Å². The lowest BCUT2D eigenvalue weighted by molar-refractivity contribution is -0.153. The summed E-state index contributed by atoms with van der Waals surface area (Å²) in [6.07, 6.45) is 37.0. The molecule has 0 aromatic rings. The summed E-state index contributed by atoms with van der Waals surface area (Å²) in [5.74, 6) is 0.411. The van der Waals surface area contributed by atoms with E-state index in [0.29, 0.717) is 5.76 Å². The van der Waals surface area contributed by atoms with E-state index < -0.39 is 0 Å². The highest BCUT2D eigenvalue weighted by Gasteiger charge is 2.34. The van der Waals surface area contributed by atoms with Crippen LogP contribution in [0.1, 0.15) is 162 Å². The number of esters is 1. The molecule has 2 nitrogen and oxygen atoms in total. The van der Waals surface area contributed by atoms with Crippen LogP contribution in [0.25, 0.3) is 0 Å². The van der Waals surface area contributed by atoms with Crippen molar-refractivity contribution < 1.29 is 9.53 Å². The minimum Gasteiger partial charge on any atom is -0.420 e. The molecule has 0 aromatic heterocycles. The molecule has 1 aliphatic heterocycles. The van der Waals surface area contributed by atoms with Crippen molar-refractivity contribution in [2.75, 3.05) is 0 Å². The Labute approximate surface area is 212 Å². The average Bonchev–Trinajstić information content (AvgIpc) is 2.84. The first-order valence-electron chi connectivity index (χ1n) is 15.1. The maximum absolute atomic E-state index is 11.8. The number of hydrogen-bond acceptors (Lipinski definition) is 2. The fraction of sp³-hybridized carbons (Fsp3) is 0.812. The Kier molecular flexibility index (Phi) is 21.2. The number of ether oxygens (including phenoxy) is 1. The molecule has 0 radical (unpaired) electrons. The summed E-state index contributed by atoms with van der Waals surface area (Å²) in [6.45, 7) is 4.55. The van der Waals surface area contributed by atoms with Crippen LogP contribution in [0.15, 0.2) is 29.7 Å². The highest BCUT2D eigenvalue weighted by Crippen LogP contribution is 2.27. The van der Waals surface area contributed by atoms with Crippen molar-refractivity contribution in [1.82, 2.24) is 0 Å². The van der Waals surface area contributed by atoms with Crippen LogP contribution in [-0.4, -0.2) is 5.97 Å². The molecule has 1 rings (SSSR count). The van der Waals surface area contributed by atoms with Crippen molar-refractivity contribution in [3.8, 4) is 0 Å². The van der Waals surface area contributed by atoms with Crippen LogP contribution in [0.3, 0.4) is 0 Å². The summed E-state index contributed by atoms with van der Waals surface area (Å²) >= 11 is 0. The molecule has 34 heavy (non-hydrogen) atoms. The van der Waals surface area contributed by atoms with Crippen molar-refractivity contribution in [2.45, 2.75) is 162 Å². The number of cyclic esters (lactones) is 1. The Hall–Kier alpha value is -1.27. The molecule has 1 heterocycles. The molecule has 0 saturated carbocycles. The van der Waals surface area contributed by atoms with Crippen LogP contribution < -0.4 is 0 Å². The molecule has 0 amide bonds. The number of allylic oxidation sites excluding steroid dienone is 1. The van der Waals surface area contributed by atoms with Gasteiger partial charge in [-0.1, -0.05) is 154 Å². The number of carbonyl (C=O) groups excluding carboxylic acids is 1. The van der Waals surface area contributed by atoms with Gasteiger partial charge in [0, 0.05) is 0 Å². The maximum atomic E-state index is 11.8. The number of carbonyl (C=O) groups is 1. The molecular weight excluding hydrogens is 416 g/mol.